The molecule has 0 aliphatic carbocycles. The molecule has 0 aliphatic rings. The van der Waals surface area contributed by atoms with Crippen LogP contribution in [0.15, 0.2) is 18.2 Å². The van der Waals surface area contributed by atoms with Gasteiger partial charge in [-0.3, -0.25) is 0 Å². The molecular weight excluding hydrogens is 347 g/mol. The van der Waals surface area contributed by atoms with E-state index in [1.54, 1.807) is 6.07 Å². The van der Waals surface area contributed by atoms with Crippen LogP contribution < -0.4 is 10.6 Å². The van der Waals surface area contributed by atoms with Gasteiger partial charge in [-0.25, -0.2) is 9.18 Å². The summed E-state index contributed by atoms with van der Waals surface area (Å²) in [6, 6.07) is 4.40. The number of benzene rings is 1. The largest absolute Gasteiger partial charge is 0.444 e. The van der Waals surface area contributed by atoms with Gasteiger partial charge >= 0.3 is 6.09 Å². The third kappa shape index (κ3) is 7.37. The molecule has 0 saturated heterocycles. The smallest absolute Gasteiger partial charge is 0.408 e. The molecule has 0 aliphatic heterocycles. The number of anilines is 1. The fraction of sp³-hybridized carbons (Fsp3) is 0.667. The summed E-state index contributed by atoms with van der Waals surface area (Å²) >= 11 is 0. The van der Waals surface area contributed by atoms with Crippen LogP contribution >= 0.6 is 0 Å². The standard InChI is InChI=1S/C21H35FN2O3/c1-8-21(26,9-2)16-11-10-15(22)14-17(16)23-13-12-20(6,7)24-18(25)27-19(3,4)5/h10-11,14,23,26H,8-9,12-13H2,1-7H3,(H,24,25). The predicted octanol–water partition coefficient (Wildman–Crippen LogP) is 4.94. The van der Waals surface area contributed by atoms with Crippen molar-refractivity contribution in [1.29, 1.82) is 0 Å². The summed E-state index contributed by atoms with van der Waals surface area (Å²) in [7, 11) is 0. The van der Waals surface area contributed by atoms with Crippen LogP contribution in [-0.2, 0) is 10.3 Å². The summed E-state index contributed by atoms with van der Waals surface area (Å²) in [5.41, 5.74) is -0.796. The van der Waals surface area contributed by atoms with E-state index >= 15 is 0 Å². The maximum Gasteiger partial charge on any atom is 0.408 e. The molecule has 0 bridgehead atoms. The maximum atomic E-state index is 13.7. The average Bonchev–Trinajstić information content (AvgIpc) is 2.51. The summed E-state index contributed by atoms with van der Waals surface area (Å²) in [4.78, 5) is 12.0. The summed E-state index contributed by atoms with van der Waals surface area (Å²) in [6.45, 7) is 13.6. The van der Waals surface area contributed by atoms with Crippen LogP contribution in [0.2, 0.25) is 0 Å². The fourth-order valence-electron chi connectivity index (χ4n) is 2.85. The molecule has 154 valence electrons. The minimum Gasteiger partial charge on any atom is -0.444 e. The molecule has 6 heteroatoms. The highest BCUT2D eigenvalue weighted by Crippen LogP contribution is 2.34. The molecular formula is C21H35FN2O3. The summed E-state index contributed by atoms with van der Waals surface area (Å²) in [6.07, 6.45) is 1.20. The molecule has 27 heavy (non-hydrogen) atoms. The van der Waals surface area contributed by atoms with Gasteiger partial charge in [0.15, 0.2) is 0 Å². The highest BCUT2D eigenvalue weighted by Gasteiger charge is 2.28. The van der Waals surface area contributed by atoms with E-state index in [4.69, 9.17) is 4.74 Å². The summed E-state index contributed by atoms with van der Waals surface area (Å²) < 4.78 is 19.0. The Bertz CT molecular complexity index is 635. The quantitative estimate of drug-likeness (QED) is 0.596. The normalized spacial score (nSPS) is 12.6. The number of ether oxygens (including phenoxy) is 1. The van der Waals surface area contributed by atoms with Gasteiger partial charge in [-0.2, -0.15) is 0 Å². The van der Waals surface area contributed by atoms with E-state index in [-0.39, 0.29) is 5.82 Å². The van der Waals surface area contributed by atoms with Crippen LogP contribution in [0.3, 0.4) is 0 Å². The lowest BCUT2D eigenvalue weighted by molar-refractivity contribution is 0.0290. The van der Waals surface area contributed by atoms with E-state index in [9.17, 15) is 14.3 Å². The lowest BCUT2D eigenvalue weighted by Gasteiger charge is -2.30. The Morgan fingerprint density at radius 1 is 1.15 bits per heavy atom. The fourth-order valence-corrected chi connectivity index (χ4v) is 2.85. The van der Waals surface area contributed by atoms with Gasteiger partial charge in [0.25, 0.3) is 0 Å². The van der Waals surface area contributed by atoms with Crippen LogP contribution in [-0.4, -0.2) is 28.9 Å². The third-order valence-corrected chi connectivity index (χ3v) is 4.56. The number of rotatable bonds is 8. The lowest BCUT2D eigenvalue weighted by Crippen LogP contribution is -2.46. The Morgan fingerprint density at radius 3 is 2.26 bits per heavy atom. The van der Waals surface area contributed by atoms with E-state index < -0.39 is 22.8 Å². The van der Waals surface area contributed by atoms with Crippen LogP contribution in [0.25, 0.3) is 0 Å². The lowest BCUT2D eigenvalue weighted by atomic mass is 9.87. The Labute approximate surface area is 162 Å². The Morgan fingerprint density at radius 2 is 1.74 bits per heavy atom. The van der Waals surface area contributed by atoms with Crippen molar-refractivity contribution in [3.8, 4) is 0 Å². The number of amides is 1. The van der Waals surface area contributed by atoms with E-state index in [0.717, 1.165) is 0 Å². The Balaban J connectivity index is 2.78. The van der Waals surface area contributed by atoms with Crippen molar-refractivity contribution >= 4 is 11.8 Å². The first-order valence-electron chi connectivity index (χ1n) is 9.59. The van der Waals surface area contributed by atoms with Crippen molar-refractivity contribution < 1.29 is 19.0 Å². The van der Waals surface area contributed by atoms with Crippen molar-refractivity contribution in [3.63, 3.8) is 0 Å². The molecule has 1 rings (SSSR count). The summed E-state index contributed by atoms with van der Waals surface area (Å²) in [5.74, 6) is -0.359. The van der Waals surface area contributed by atoms with Crippen molar-refractivity contribution in [2.75, 3.05) is 11.9 Å². The molecule has 0 saturated carbocycles. The second kappa shape index (κ2) is 8.91. The van der Waals surface area contributed by atoms with Gasteiger partial charge in [0, 0.05) is 23.3 Å². The van der Waals surface area contributed by atoms with Crippen molar-refractivity contribution in [2.24, 2.45) is 0 Å². The van der Waals surface area contributed by atoms with Gasteiger partial charge in [-0.1, -0.05) is 19.9 Å². The topological polar surface area (TPSA) is 70.6 Å². The average molecular weight is 383 g/mol. The molecule has 3 N–H and O–H groups in total. The first kappa shape index (κ1) is 23.2. The zero-order valence-corrected chi connectivity index (χ0v) is 17.7. The van der Waals surface area contributed by atoms with Crippen LogP contribution in [0.4, 0.5) is 14.9 Å². The maximum absolute atomic E-state index is 13.7. The number of nitrogens with one attached hydrogen (secondary N) is 2. The number of carbonyl (C=O) groups is 1. The second-order valence-electron chi connectivity index (χ2n) is 8.62. The number of aliphatic hydroxyl groups is 1. The molecule has 1 aromatic rings. The number of carbonyl (C=O) groups excluding carboxylic acids is 1. The van der Waals surface area contributed by atoms with Crippen molar-refractivity contribution in [1.82, 2.24) is 5.32 Å². The van der Waals surface area contributed by atoms with E-state index in [1.807, 2.05) is 48.5 Å². The number of hydrogen-bond acceptors (Lipinski definition) is 4. The van der Waals surface area contributed by atoms with Gasteiger partial charge < -0.3 is 20.5 Å². The van der Waals surface area contributed by atoms with Gasteiger partial charge in [-0.05, 0) is 66.0 Å². The van der Waals surface area contributed by atoms with Crippen molar-refractivity contribution in [3.05, 3.63) is 29.6 Å². The molecule has 0 unspecified atom stereocenters. The first-order chi connectivity index (χ1) is 12.3. The zero-order chi connectivity index (χ0) is 20.9. The van der Waals surface area contributed by atoms with Crippen LogP contribution in [0.1, 0.15) is 73.3 Å². The minimum absolute atomic E-state index is 0.359. The SMILES string of the molecule is CCC(O)(CC)c1ccc(F)cc1NCCC(C)(C)NC(=O)OC(C)(C)C. The van der Waals surface area contributed by atoms with Crippen LogP contribution in [0, 0.1) is 5.82 Å². The van der Waals surface area contributed by atoms with E-state index in [1.165, 1.54) is 12.1 Å². The Kier molecular flexibility index (Phi) is 7.66. The molecule has 0 spiro atoms. The number of halogens is 1. The first-order valence-corrected chi connectivity index (χ1v) is 9.59. The molecule has 1 amide bonds. The Hall–Kier alpha value is -1.82. The molecule has 5 nitrogen and oxygen atoms in total. The van der Waals surface area contributed by atoms with Gasteiger partial charge in [0.2, 0.25) is 0 Å². The second-order valence-corrected chi connectivity index (χ2v) is 8.62. The predicted molar refractivity (Wildman–Crippen MR) is 107 cm³/mol. The third-order valence-electron chi connectivity index (χ3n) is 4.56. The highest BCUT2D eigenvalue weighted by molar-refractivity contribution is 5.68. The molecule has 0 heterocycles. The van der Waals surface area contributed by atoms with E-state index in [2.05, 4.69) is 10.6 Å². The molecule has 0 fully saturated rings. The van der Waals surface area contributed by atoms with Gasteiger partial charge in [-0.15, -0.1) is 0 Å². The van der Waals surface area contributed by atoms with Crippen LogP contribution in [0.5, 0.6) is 0 Å². The molecule has 0 aromatic heterocycles. The zero-order valence-electron chi connectivity index (χ0n) is 17.7. The summed E-state index contributed by atoms with van der Waals surface area (Å²) in [5, 5.41) is 16.9. The molecule has 0 atom stereocenters. The number of hydrogen-bond donors (Lipinski definition) is 3. The monoisotopic (exact) mass is 382 g/mol. The van der Waals surface area contributed by atoms with Gasteiger partial charge in [0.05, 0.1) is 5.60 Å². The van der Waals surface area contributed by atoms with E-state index in [0.29, 0.717) is 37.1 Å². The van der Waals surface area contributed by atoms with Crippen molar-refractivity contribution in [2.45, 2.75) is 84.5 Å². The molecule has 0 radical (unpaired) electrons. The minimum atomic E-state index is -1.000. The molecule has 1 aromatic carbocycles. The number of alkyl carbamates (subject to hydrolysis) is 1. The highest BCUT2D eigenvalue weighted by atomic mass is 19.1. The van der Waals surface area contributed by atoms with Gasteiger partial charge in [0.1, 0.15) is 11.4 Å².